The van der Waals surface area contributed by atoms with E-state index in [0.29, 0.717) is 12.1 Å². The summed E-state index contributed by atoms with van der Waals surface area (Å²) in [5.74, 6) is -0.637. The van der Waals surface area contributed by atoms with Crippen molar-refractivity contribution in [1.29, 1.82) is 0 Å². The Labute approximate surface area is 143 Å². The largest absolute Gasteiger partial charge is 0.461 e. The standard InChI is InChI=1S/C15H13Cl3N2O2/c1-2-8-22-15(21)13-10(16)12(11(17)14(18)20-13)19-9-6-4-3-5-7-9/h3-7H,2,8H2,1H3,(H,19,20). The number of hydrogen-bond acceptors (Lipinski definition) is 4. The normalized spacial score (nSPS) is 10.4. The number of anilines is 2. The van der Waals surface area contributed by atoms with Crippen molar-refractivity contribution in [2.75, 3.05) is 11.9 Å². The second-order valence-electron chi connectivity index (χ2n) is 4.38. The number of aromatic nitrogens is 1. The summed E-state index contributed by atoms with van der Waals surface area (Å²) in [7, 11) is 0. The third-order valence-electron chi connectivity index (χ3n) is 2.71. The number of para-hydroxylation sites is 1. The lowest BCUT2D eigenvalue weighted by Gasteiger charge is -2.14. The Kier molecular flexibility index (Phi) is 5.89. The Morgan fingerprint density at radius 3 is 2.50 bits per heavy atom. The van der Waals surface area contributed by atoms with Gasteiger partial charge in [-0.15, -0.1) is 0 Å². The summed E-state index contributed by atoms with van der Waals surface area (Å²) in [6.07, 6.45) is 0.694. The summed E-state index contributed by atoms with van der Waals surface area (Å²) in [4.78, 5) is 15.9. The highest BCUT2D eigenvalue weighted by Gasteiger charge is 2.22. The fraction of sp³-hybridized carbons (Fsp3) is 0.200. The van der Waals surface area contributed by atoms with E-state index in [4.69, 9.17) is 39.5 Å². The molecular formula is C15H13Cl3N2O2. The average Bonchev–Trinajstić information content (AvgIpc) is 2.53. The lowest BCUT2D eigenvalue weighted by Crippen LogP contribution is -2.10. The van der Waals surface area contributed by atoms with Crippen LogP contribution in [0.15, 0.2) is 30.3 Å². The van der Waals surface area contributed by atoms with Gasteiger partial charge < -0.3 is 10.1 Å². The number of hydrogen-bond donors (Lipinski definition) is 1. The molecule has 0 aliphatic rings. The van der Waals surface area contributed by atoms with E-state index in [9.17, 15) is 4.79 Å². The second-order valence-corrected chi connectivity index (χ2v) is 5.50. The van der Waals surface area contributed by atoms with Gasteiger partial charge in [-0.05, 0) is 18.6 Å². The van der Waals surface area contributed by atoms with Crippen LogP contribution in [-0.2, 0) is 4.74 Å². The third kappa shape index (κ3) is 3.83. The molecule has 0 spiro atoms. The van der Waals surface area contributed by atoms with Gasteiger partial charge in [0.25, 0.3) is 0 Å². The van der Waals surface area contributed by atoms with Crippen molar-refractivity contribution in [3.8, 4) is 0 Å². The zero-order valence-electron chi connectivity index (χ0n) is 11.7. The predicted molar refractivity (Wildman–Crippen MR) is 89.6 cm³/mol. The van der Waals surface area contributed by atoms with Gasteiger partial charge in [0.1, 0.15) is 5.02 Å². The van der Waals surface area contributed by atoms with Crippen molar-refractivity contribution in [2.45, 2.75) is 13.3 Å². The van der Waals surface area contributed by atoms with Gasteiger partial charge in [-0.2, -0.15) is 0 Å². The number of halogens is 3. The molecule has 7 heteroatoms. The van der Waals surface area contributed by atoms with E-state index in [1.807, 2.05) is 37.3 Å². The molecule has 0 saturated heterocycles. The van der Waals surface area contributed by atoms with E-state index in [2.05, 4.69) is 10.3 Å². The Balaban J connectivity index is 2.40. The molecule has 0 bridgehead atoms. The minimum atomic E-state index is -0.637. The molecule has 1 N–H and O–H groups in total. The molecule has 0 saturated carbocycles. The van der Waals surface area contributed by atoms with Gasteiger partial charge in [0.15, 0.2) is 10.8 Å². The molecule has 0 aliphatic heterocycles. The molecule has 0 unspecified atom stereocenters. The van der Waals surface area contributed by atoms with Gasteiger partial charge in [0, 0.05) is 5.69 Å². The SMILES string of the molecule is CCCOC(=O)c1nc(Cl)c(Cl)c(Nc2ccccc2)c1Cl. The van der Waals surface area contributed by atoms with Crippen LogP contribution in [0.4, 0.5) is 11.4 Å². The molecule has 2 rings (SSSR count). The molecule has 0 amide bonds. The molecule has 116 valence electrons. The minimum Gasteiger partial charge on any atom is -0.461 e. The first kappa shape index (κ1) is 16.9. The highest BCUT2D eigenvalue weighted by Crippen LogP contribution is 2.38. The van der Waals surface area contributed by atoms with Crippen LogP contribution in [-0.4, -0.2) is 17.6 Å². The Bertz CT molecular complexity index is 678. The first-order chi connectivity index (χ1) is 10.5. The third-order valence-corrected chi connectivity index (χ3v) is 3.82. The van der Waals surface area contributed by atoms with Crippen LogP contribution in [0, 0.1) is 0 Å². The van der Waals surface area contributed by atoms with Crippen molar-refractivity contribution in [3.05, 3.63) is 51.2 Å². The topological polar surface area (TPSA) is 51.2 Å². The van der Waals surface area contributed by atoms with Crippen molar-refractivity contribution in [1.82, 2.24) is 4.98 Å². The summed E-state index contributed by atoms with van der Waals surface area (Å²) >= 11 is 18.4. The number of esters is 1. The summed E-state index contributed by atoms with van der Waals surface area (Å²) in [6.45, 7) is 2.16. The number of pyridine rings is 1. The van der Waals surface area contributed by atoms with Crippen LogP contribution in [0.2, 0.25) is 15.2 Å². The molecule has 1 aromatic carbocycles. The Morgan fingerprint density at radius 2 is 1.86 bits per heavy atom. The van der Waals surface area contributed by atoms with Gasteiger partial charge in [0.2, 0.25) is 0 Å². The maximum Gasteiger partial charge on any atom is 0.358 e. The number of nitrogens with zero attached hydrogens (tertiary/aromatic N) is 1. The van der Waals surface area contributed by atoms with Gasteiger partial charge in [-0.1, -0.05) is 59.9 Å². The smallest absolute Gasteiger partial charge is 0.358 e. The molecule has 0 atom stereocenters. The number of rotatable bonds is 5. The van der Waals surface area contributed by atoms with Crippen molar-refractivity contribution in [3.63, 3.8) is 0 Å². The summed E-state index contributed by atoms with van der Waals surface area (Å²) in [5.41, 5.74) is 1.00. The highest BCUT2D eigenvalue weighted by molar-refractivity contribution is 6.46. The molecule has 22 heavy (non-hydrogen) atoms. The molecular weight excluding hydrogens is 347 g/mol. The maximum atomic E-state index is 12.0. The van der Waals surface area contributed by atoms with E-state index in [0.717, 1.165) is 5.69 Å². The molecule has 0 radical (unpaired) electrons. The van der Waals surface area contributed by atoms with Crippen LogP contribution >= 0.6 is 34.8 Å². The monoisotopic (exact) mass is 358 g/mol. The van der Waals surface area contributed by atoms with E-state index in [-0.39, 0.29) is 27.5 Å². The van der Waals surface area contributed by atoms with Crippen LogP contribution in [0.1, 0.15) is 23.8 Å². The highest BCUT2D eigenvalue weighted by atomic mass is 35.5. The van der Waals surface area contributed by atoms with Crippen molar-refractivity contribution >= 4 is 52.1 Å². The molecule has 4 nitrogen and oxygen atoms in total. The number of ether oxygens (including phenoxy) is 1. The van der Waals surface area contributed by atoms with Gasteiger partial charge in [0.05, 0.1) is 17.3 Å². The lowest BCUT2D eigenvalue weighted by molar-refractivity contribution is 0.0498. The second kappa shape index (κ2) is 7.68. The van der Waals surface area contributed by atoms with E-state index in [1.165, 1.54) is 0 Å². The number of benzene rings is 1. The first-order valence-electron chi connectivity index (χ1n) is 6.58. The molecule has 1 heterocycles. The van der Waals surface area contributed by atoms with E-state index < -0.39 is 5.97 Å². The number of carbonyl (C=O) groups is 1. The minimum absolute atomic E-state index is 0.0204. The summed E-state index contributed by atoms with van der Waals surface area (Å²) in [5, 5.41) is 3.23. The first-order valence-corrected chi connectivity index (χ1v) is 7.71. The lowest BCUT2D eigenvalue weighted by atomic mass is 10.2. The Morgan fingerprint density at radius 1 is 1.18 bits per heavy atom. The van der Waals surface area contributed by atoms with E-state index in [1.54, 1.807) is 0 Å². The van der Waals surface area contributed by atoms with Gasteiger partial charge in [-0.25, -0.2) is 9.78 Å². The van der Waals surface area contributed by atoms with E-state index >= 15 is 0 Å². The number of carbonyl (C=O) groups excluding carboxylic acids is 1. The molecule has 1 aromatic heterocycles. The van der Waals surface area contributed by atoms with Crippen LogP contribution in [0.3, 0.4) is 0 Å². The zero-order valence-corrected chi connectivity index (χ0v) is 14.0. The van der Waals surface area contributed by atoms with Crippen molar-refractivity contribution in [2.24, 2.45) is 0 Å². The average molecular weight is 360 g/mol. The van der Waals surface area contributed by atoms with Crippen LogP contribution < -0.4 is 5.32 Å². The zero-order chi connectivity index (χ0) is 16.1. The fourth-order valence-electron chi connectivity index (χ4n) is 1.69. The van der Waals surface area contributed by atoms with Crippen LogP contribution in [0.5, 0.6) is 0 Å². The van der Waals surface area contributed by atoms with Crippen molar-refractivity contribution < 1.29 is 9.53 Å². The molecule has 2 aromatic rings. The molecule has 0 fully saturated rings. The predicted octanol–water partition coefficient (Wildman–Crippen LogP) is 5.35. The summed E-state index contributed by atoms with van der Waals surface area (Å²) < 4.78 is 5.04. The fourth-order valence-corrected chi connectivity index (χ4v) is 2.36. The maximum absolute atomic E-state index is 12.0. The van der Waals surface area contributed by atoms with Gasteiger partial charge in [-0.3, -0.25) is 0 Å². The number of nitrogens with one attached hydrogen (secondary N) is 1. The van der Waals surface area contributed by atoms with Gasteiger partial charge >= 0.3 is 5.97 Å². The quantitative estimate of drug-likeness (QED) is 0.577. The molecule has 0 aliphatic carbocycles. The van der Waals surface area contributed by atoms with Crippen LogP contribution in [0.25, 0.3) is 0 Å². The Hall–Kier alpha value is -1.49. The summed E-state index contributed by atoms with van der Waals surface area (Å²) in [6, 6.07) is 9.24.